The van der Waals surface area contributed by atoms with Crippen molar-refractivity contribution in [1.29, 1.82) is 0 Å². The number of anilines is 2. The molecule has 0 aromatic carbocycles. The number of carbonyl (C=O) groups is 2. The molecule has 2 amide bonds. The molecule has 3 rings (SSSR count). The molecule has 3 aromatic heterocycles. The van der Waals surface area contributed by atoms with E-state index in [1.54, 1.807) is 13.0 Å². The third kappa shape index (κ3) is 6.08. The Morgan fingerprint density at radius 1 is 1.09 bits per heavy atom. The van der Waals surface area contributed by atoms with Gasteiger partial charge < -0.3 is 21.3 Å². The van der Waals surface area contributed by atoms with Crippen molar-refractivity contribution in [1.82, 2.24) is 35.1 Å². The van der Waals surface area contributed by atoms with E-state index in [0.717, 1.165) is 5.69 Å². The first kappa shape index (κ1) is 25.1. The minimum Gasteiger partial charge on any atom is -0.383 e. The highest BCUT2D eigenvalue weighted by Crippen LogP contribution is 2.24. The monoisotopic (exact) mass is 483 g/mol. The Hall–Kier alpha value is -3.51. The molecule has 0 spiro atoms. The molecule has 1 unspecified atom stereocenters. The van der Waals surface area contributed by atoms with Gasteiger partial charge in [-0.25, -0.2) is 24.9 Å². The number of nitrogens with zero attached hydrogens (tertiary/aromatic N) is 6. The summed E-state index contributed by atoms with van der Waals surface area (Å²) in [4.78, 5) is 48.7. The molecule has 0 aliphatic heterocycles. The lowest BCUT2D eigenvalue weighted by atomic mass is 9.92. The minimum absolute atomic E-state index is 0.172. The van der Waals surface area contributed by atoms with Crippen molar-refractivity contribution >= 4 is 34.8 Å². The molecule has 3 heterocycles. The number of aromatic nitrogens is 5. The van der Waals surface area contributed by atoms with E-state index in [1.165, 1.54) is 30.2 Å². The Morgan fingerprint density at radius 2 is 1.79 bits per heavy atom. The molecule has 11 nitrogen and oxygen atoms in total. The molecule has 0 saturated heterocycles. The minimum atomic E-state index is -0.450. The fourth-order valence-electron chi connectivity index (χ4n) is 3.03. The summed E-state index contributed by atoms with van der Waals surface area (Å²) in [7, 11) is 3.73. The highest BCUT2D eigenvalue weighted by atomic mass is 32.1. The molecule has 12 heteroatoms. The summed E-state index contributed by atoms with van der Waals surface area (Å²) in [5.41, 5.74) is 7.37. The van der Waals surface area contributed by atoms with Gasteiger partial charge in [-0.2, -0.15) is 0 Å². The van der Waals surface area contributed by atoms with Gasteiger partial charge in [-0.1, -0.05) is 20.8 Å². The maximum absolute atomic E-state index is 12.9. The van der Waals surface area contributed by atoms with Crippen molar-refractivity contribution in [2.24, 2.45) is 0 Å². The van der Waals surface area contributed by atoms with Crippen LogP contribution in [-0.2, 0) is 12.0 Å². The third-order valence-corrected chi connectivity index (χ3v) is 5.99. The number of nitrogen functional groups attached to an aromatic ring is 1. The number of nitrogens with one attached hydrogen (secondary N) is 2. The second-order valence-electron chi connectivity index (χ2n) is 9.07. The summed E-state index contributed by atoms with van der Waals surface area (Å²) in [6.07, 6.45) is 4.17. The first-order chi connectivity index (χ1) is 16.0. The Morgan fingerprint density at radius 3 is 2.47 bits per heavy atom. The van der Waals surface area contributed by atoms with Crippen LogP contribution < -0.4 is 16.4 Å². The molecule has 0 aliphatic rings. The number of hydrogen-bond donors (Lipinski definition) is 3. The van der Waals surface area contributed by atoms with Crippen LogP contribution in [0.4, 0.5) is 11.6 Å². The van der Waals surface area contributed by atoms with E-state index in [9.17, 15) is 9.59 Å². The lowest BCUT2D eigenvalue weighted by molar-refractivity contribution is 0.0932. The Labute approximate surface area is 202 Å². The summed E-state index contributed by atoms with van der Waals surface area (Å²) >= 11 is 1.19. The van der Waals surface area contributed by atoms with Crippen molar-refractivity contribution in [3.63, 3.8) is 0 Å². The predicted molar refractivity (Wildman–Crippen MR) is 131 cm³/mol. The number of amides is 2. The van der Waals surface area contributed by atoms with Crippen LogP contribution in [0.2, 0.25) is 0 Å². The van der Waals surface area contributed by atoms with Crippen LogP contribution in [0, 0.1) is 0 Å². The quantitative estimate of drug-likeness (QED) is 0.460. The second kappa shape index (κ2) is 10.2. The molecule has 180 valence electrons. The smallest absolute Gasteiger partial charge is 0.270 e. The molecular formula is C22H29N9O2S. The summed E-state index contributed by atoms with van der Waals surface area (Å²) in [5.74, 6) is -0.0573. The fraction of sp³-hybridized carbons (Fsp3) is 0.409. The van der Waals surface area contributed by atoms with Gasteiger partial charge in [-0.3, -0.25) is 9.59 Å². The second-order valence-corrected chi connectivity index (χ2v) is 10.1. The molecule has 0 radical (unpaired) electrons. The summed E-state index contributed by atoms with van der Waals surface area (Å²) < 4.78 is 0. The van der Waals surface area contributed by atoms with Crippen molar-refractivity contribution in [3.05, 3.63) is 51.8 Å². The zero-order valence-corrected chi connectivity index (χ0v) is 20.9. The van der Waals surface area contributed by atoms with Gasteiger partial charge in [-0.05, 0) is 21.0 Å². The van der Waals surface area contributed by atoms with Crippen molar-refractivity contribution in [2.75, 3.05) is 25.1 Å². The van der Waals surface area contributed by atoms with Gasteiger partial charge in [0.05, 0.1) is 17.9 Å². The molecular weight excluding hydrogens is 454 g/mol. The summed E-state index contributed by atoms with van der Waals surface area (Å²) in [6.45, 7) is 8.31. The van der Waals surface area contributed by atoms with E-state index in [0.29, 0.717) is 27.8 Å². The van der Waals surface area contributed by atoms with Crippen LogP contribution >= 0.6 is 11.3 Å². The van der Waals surface area contributed by atoms with Gasteiger partial charge in [-0.15, -0.1) is 11.3 Å². The van der Waals surface area contributed by atoms with E-state index in [-0.39, 0.29) is 22.8 Å². The molecule has 4 N–H and O–H groups in total. The van der Waals surface area contributed by atoms with Gasteiger partial charge in [0.2, 0.25) is 0 Å². The standard InChI is InChI=1S/C22H29N9O2S/c1-12(29-20(33)17-13(9-31(5)6)18(23)28-11-27-17)21-24-8-14(34-21)19(32)30-16-7-15(22(2,3)4)25-10-26-16/h7-8,10-12H,9H2,1-6H3,(H,29,33)(H2,23,27,28)(H,25,26,30,32). The highest BCUT2D eigenvalue weighted by molar-refractivity contribution is 7.13. The fourth-order valence-corrected chi connectivity index (χ4v) is 3.84. The molecule has 3 aromatic rings. The largest absolute Gasteiger partial charge is 0.383 e. The number of hydrogen-bond acceptors (Lipinski definition) is 10. The van der Waals surface area contributed by atoms with Crippen LogP contribution in [0.15, 0.2) is 24.9 Å². The molecule has 0 bridgehead atoms. The normalized spacial score (nSPS) is 12.4. The van der Waals surface area contributed by atoms with E-state index in [2.05, 4.69) is 35.6 Å². The zero-order valence-electron chi connectivity index (χ0n) is 20.1. The molecule has 0 fully saturated rings. The van der Waals surface area contributed by atoms with Gasteiger partial charge in [0.25, 0.3) is 11.8 Å². The van der Waals surface area contributed by atoms with Crippen LogP contribution in [0.25, 0.3) is 0 Å². The topological polar surface area (TPSA) is 152 Å². The Balaban J connectivity index is 1.70. The first-order valence-corrected chi connectivity index (χ1v) is 11.4. The highest BCUT2D eigenvalue weighted by Gasteiger charge is 2.22. The lowest BCUT2D eigenvalue weighted by Gasteiger charge is -2.17. The summed E-state index contributed by atoms with van der Waals surface area (Å²) in [6, 6.07) is 1.30. The number of nitrogens with two attached hydrogens (primary N) is 1. The Bertz CT molecular complexity index is 1190. The van der Waals surface area contributed by atoms with Crippen LogP contribution in [0.1, 0.15) is 70.2 Å². The van der Waals surface area contributed by atoms with Crippen molar-refractivity contribution < 1.29 is 9.59 Å². The SMILES string of the molecule is CC(NC(=O)c1ncnc(N)c1CN(C)C)c1ncc(C(=O)Nc2cc(C(C)(C)C)ncn2)s1. The van der Waals surface area contributed by atoms with Gasteiger partial charge >= 0.3 is 0 Å². The van der Waals surface area contributed by atoms with E-state index in [1.807, 2.05) is 39.8 Å². The van der Waals surface area contributed by atoms with Gasteiger partial charge in [0, 0.05) is 23.6 Å². The maximum atomic E-state index is 12.9. The average Bonchev–Trinajstić information content (AvgIpc) is 3.25. The predicted octanol–water partition coefficient (Wildman–Crippen LogP) is 2.41. The van der Waals surface area contributed by atoms with Crippen molar-refractivity contribution in [3.8, 4) is 0 Å². The molecule has 1 atom stereocenters. The number of rotatable bonds is 7. The molecule has 0 saturated carbocycles. The zero-order chi connectivity index (χ0) is 25.0. The van der Waals surface area contributed by atoms with Gasteiger partial charge in [0.1, 0.15) is 39.9 Å². The van der Waals surface area contributed by atoms with E-state index >= 15 is 0 Å². The number of thiazole rings is 1. The van der Waals surface area contributed by atoms with Crippen molar-refractivity contribution in [2.45, 2.75) is 45.7 Å². The van der Waals surface area contributed by atoms with Gasteiger partial charge in [0.15, 0.2) is 0 Å². The van der Waals surface area contributed by atoms with E-state index < -0.39 is 11.9 Å². The Kier molecular flexibility index (Phi) is 7.52. The van der Waals surface area contributed by atoms with Crippen LogP contribution in [0.3, 0.4) is 0 Å². The average molecular weight is 484 g/mol. The molecule has 34 heavy (non-hydrogen) atoms. The first-order valence-electron chi connectivity index (χ1n) is 10.6. The van der Waals surface area contributed by atoms with Crippen LogP contribution in [-0.4, -0.2) is 55.7 Å². The number of carbonyl (C=O) groups excluding carboxylic acids is 2. The van der Waals surface area contributed by atoms with E-state index in [4.69, 9.17) is 5.73 Å². The maximum Gasteiger partial charge on any atom is 0.270 e. The summed E-state index contributed by atoms with van der Waals surface area (Å²) in [5, 5.41) is 6.23. The van der Waals surface area contributed by atoms with Crippen LogP contribution in [0.5, 0.6) is 0 Å². The third-order valence-electron chi connectivity index (χ3n) is 4.81. The molecule has 0 aliphatic carbocycles. The lowest BCUT2D eigenvalue weighted by Crippen LogP contribution is -2.30.